The molecule has 0 fully saturated rings. The normalized spacial score (nSPS) is 14.4. The second-order valence-electron chi connectivity index (χ2n) is 4.28. The lowest BCUT2D eigenvalue weighted by atomic mass is 10.2. The highest BCUT2D eigenvalue weighted by Crippen LogP contribution is 2.35. The third-order valence-electron chi connectivity index (χ3n) is 2.89. The summed E-state index contributed by atoms with van der Waals surface area (Å²) in [4.78, 5) is 18.0. The van der Waals surface area contributed by atoms with E-state index in [0.29, 0.717) is 5.69 Å². The molecule has 0 atom stereocenters. The second kappa shape index (κ2) is 5.40. The Hall–Kier alpha value is -1.55. The summed E-state index contributed by atoms with van der Waals surface area (Å²) in [6.45, 7) is 3.11. The van der Waals surface area contributed by atoms with Gasteiger partial charge in [0.25, 0.3) is 0 Å². The van der Waals surface area contributed by atoms with Gasteiger partial charge >= 0.3 is 0 Å². The molecule has 18 heavy (non-hydrogen) atoms. The highest BCUT2D eigenvalue weighted by Gasteiger charge is 2.19. The molecule has 0 aromatic heterocycles. The number of amides is 1. The van der Waals surface area contributed by atoms with Crippen LogP contribution in [0, 0.1) is 0 Å². The van der Waals surface area contributed by atoms with Crippen LogP contribution in [-0.4, -0.2) is 25.7 Å². The maximum Gasteiger partial charge on any atom is 0.247 e. The van der Waals surface area contributed by atoms with E-state index in [-0.39, 0.29) is 12.3 Å². The summed E-state index contributed by atoms with van der Waals surface area (Å²) < 4.78 is 1.14. The van der Waals surface area contributed by atoms with Gasteiger partial charge in [0, 0.05) is 37.3 Å². The van der Waals surface area contributed by atoms with Gasteiger partial charge in [0.1, 0.15) is 0 Å². The molecule has 1 aromatic rings. The molecule has 0 unspecified atom stereocenters. The molecule has 5 heteroatoms. The Kier molecular flexibility index (Phi) is 3.87. The summed E-state index contributed by atoms with van der Waals surface area (Å²) in [6, 6.07) is 5.75. The standard InChI is InChI=1S/C13H16ClN3O/c1-3-8-16(2)10-4-5-12-11(9-10)15-7-6-13(18)17(12)14/h4-5,7,9H,3,6,8H2,1-2H3. The first-order valence-corrected chi connectivity index (χ1v) is 6.33. The number of halogens is 1. The molecule has 0 radical (unpaired) electrons. The second-order valence-corrected chi connectivity index (χ2v) is 4.62. The molecule has 0 bridgehead atoms. The van der Waals surface area contributed by atoms with E-state index in [9.17, 15) is 4.79 Å². The number of fused-ring (bicyclic) bond motifs is 1. The summed E-state index contributed by atoms with van der Waals surface area (Å²) in [7, 11) is 2.04. The van der Waals surface area contributed by atoms with Gasteiger partial charge in [-0.1, -0.05) is 6.92 Å². The van der Waals surface area contributed by atoms with Gasteiger partial charge in [-0.05, 0) is 24.6 Å². The maximum atomic E-state index is 11.6. The number of hydrogen-bond acceptors (Lipinski definition) is 3. The van der Waals surface area contributed by atoms with Crippen LogP contribution in [0.15, 0.2) is 23.2 Å². The van der Waals surface area contributed by atoms with E-state index < -0.39 is 0 Å². The minimum Gasteiger partial charge on any atom is -0.375 e. The van der Waals surface area contributed by atoms with Crippen molar-refractivity contribution in [2.75, 3.05) is 22.9 Å². The van der Waals surface area contributed by atoms with Gasteiger partial charge in [0.15, 0.2) is 0 Å². The number of hydrogen-bond donors (Lipinski definition) is 0. The number of rotatable bonds is 3. The van der Waals surface area contributed by atoms with Crippen LogP contribution in [-0.2, 0) is 4.79 Å². The first-order chi connectivity index (χ1) is 8.63. The van der Waals surface area contributed by atoms with Crippen molar-refractivity contribution < 1.29 is 4.79 Å². The van der Waals surface area contributed by atoms with Crippen molar-refractivity contribution >= 4 is 41.0 Å². The molecule has 0 spiro atoms. The highest BCUT2D eigenvalue weighted by atomic mass is 35.5. The van der Waals surface area contributed by atoms with E-state index in [4.69, 9.17) is 11.8 Å². The number of nitrogens with zero attached hydrogens (tertiary/aromatic N) is 3. The molecule has 96 valence electrons. The average Bonchev–Trinajstić information content (AvgIpc) is 2.50. The number of carbonyl (C=O) groups is 1. The molecule has 1 amide bonds. The van der Waals surface area contributed by atoms with Gasteiger partial charge in [-0.2, -0.15) is 0 Å². The van der Waals surface area contributed by atoms with E-state index in [1.54, 1.807) is 6.21 Å². The first kappa shape index (κ1) is 12.9. The molecule has 1 heterocycles. The first-order valence-electron chi connectivity index (χ1n) is 6.00. The van der Waals surface area contributed by atoms with E-state index in [1.165, 1.54) is 0 Å². The predicted molar refractivity (Wildman–Crippen MR) is 76.1 cm³/mol. The minimum absolute atomic E-state index is 0.158. The monoisotopic (exact) mass is 265 g/mol. The van der Waals surface area contributed by atoms with Gasteiger partial charge < -0.3 is 4.90 Å². The molecule has 1 aromatic carbocycles. The molecule has 2 rings (SSSR count). The van der Waals surface area contributed by atoms with Crippen molar-refractivity contribution in [2.24, 2.45) is 4.99 Å². The Morgan fingerprint density at radius 1 is 1.50 bits per heavy atom. The number of carbonyl (C=O) groups excluding carboxylic acids is 1. The predicted octanol–water partition coefficient (Wildman–Crippen LogP) is 3.13. The van der Waals surface area contributed by atoms with E-state index in [2.05, 4.69) is 16.8 Å². The Labute approximate surface area is 112 Å². The van der Waals surface area contributed by atoms with Crippen LogP contribution in [0.1, 0.15) is 19.8 Å². The van der Waals surface area contributed by atoms with Crippen molar-refractivity contribution in [3.8, 4) is 0 Å². The lowest BCUT2D eigenvalue weighted by Gasteiger charge is -2.20. The molecule has 4 nitrogen and oxygen atoms in total. The number of anilines is 2. The van der Waals surface area contributed by atoms with E-state index >= 15 is 0 Å². The quantitative estimate of drug-likeness (QED) is 0.787. The van der Waals surface area contributed by atoms with Gasteiger partial charge in [-0.3, -0.25) is 9.79 Å². The van der Waals surface area contributed by atoms with Crippen molar-refractivity contribution in [1.29, 1.82) is 0 Å². The molecule has 0 aliphatic carbocycles. The summed E-state index contributed by atoms with van der Waals surface area (Å²) in [5.41, 5.74) is 2.45. The lowest BCUT2D eigenvalue weighted by Crippen LogP contribution is -2.20. The Bertz CT molecular complexity index is 487. The molecular formula is C13H16ClN3O. The maximum absolute atomic E-state index is 11.6. The summed E-state index contributed by atoms with van der Waals surface area (Å²) in [5, 5.41) is 0. The van der Waals surface area contributed by atoms with Crippen LogP contribution in [0.2, 0.25) is 0 Å². The van der Waals surface area contributed by atoms with E-state index in [1.807, 2.05) is 25.2 Å². The molecule has 1 aliphatic heterocycles. The largest absolute Gasteiger partial charge is 0.375 e. The third-order valence-corrected chi connectivity index (χ3v) is 3.26. The van der Waals surface area contributed by atoms with Crippen LogP contribution < -0.4 is 9.32 Å². The molecule has 0 N–H and O–H groups in total. The molecular weight excluding hydrogens is 250 g/mol. The van der Waals surface area contributed by atoms with Crippen LogP contribution in [0.25, 0.3) is 0 Å². The van der Waals surface area contributed by atoms with E-state index in [0.717, 1.165) is 28.8 Å². The zero-order valence-corrected chi connectivity index (χ0v) is 11.3. The minimum atomic E-state index is -0.158. The molecule has 0 saturated heterocycles. The highest BCUT2D eigenvalue weighted by molar-refractivity contribution is 6.38. The Morgan fingerprint density at radius 3 is 3.00 bits per heavy atom. The average molecular weight is 266 g/mol. The van der Waals surface area contributed by atoms with Crippen molar-refractivity contribution in [1.82, 2.24) is 0 Å². The molecule has 0 saturated carbocycles. The van der Waals surface area contributed by atoms with Gasteiger partial charge in [-0.25, -0.2) is 4.42 Å². The zero-order valence-electron chi connectivity index (χ0n) is 10.6. The van der Waals surface area contributed by atoms with Crippen molar-refractivity contribution in [2.45, 2.75) is 19.8 Å². The smallest absolute Gasteiger partial charge is 0.247 e. The van der Waals surface area contributed by atoms with Gasteiger partial charge in [-0.15, -0.1) is 0 Å². The molecule has 1 aliphatic rings. The fourth-order valence-electron chi connectivity index (χ4n) is 1.92. The van der Waals surface area contributed by atoms with Gasteiger partial charge in [0.05, 0.1) is 17.8 Å². The Morgan fingerprint density at radius 2 is 2.28 bits per heavy atom. The summed E-state index contributed by atoms with van der Waals surface area (Å²) in [6.07, 6.45) is 2.92. The summed E-state index contributed by atoms with van der Waals surface area (Å²) >= 11 is 5.99. The number of benzene rings is 1. The van der Waals surface area contributed by atoms with Crippen molar-refractivity contribution in [3.63, 3.8) is 0 Å². The van der Waals surface area contributed by atoms with Gasteiger partial charge in [0.2, 0.25) is 5.91 Å². The zero-order chi connectivity index (χ0) is 13.1. The van der Waals surface area contributed by atoms with Crippen LogP contribution in [0.5, 0.6) is 0 Å². The number of aliphatic imine (C=N–C) groups is 1. The summed E-state index contributed by atoms with van der Waals surface area (Å²) in [5.74, 6) is -0.158. The van der Waals surface area contributed by atoms with Crippen LogP contribution >= 0.6 is 11.8 Å². The fourth-order valence-corrected chi connectivity index (χ4v) is 2.13. The van der Waals surface area contributed by atoms with Crippen LogP contribution in [0.3, 0.4) is 0 Å². The van der Waals surface area contributed by atoms with Crippen LogP contribution in [0.4, 0.5) is 17.1 Å². The Balaban J connectivity index is 2.37. The lowest BCUT2D eigenvalue weighted by molar-refractivity contribution is -0.116. The third kappa shape index (κ3) is 2.48. The fraction of sp³-hybridized carbons (Fsp3) is 0.385. The van der Waals surface area contributed by atoms with Crippen molar-refractivity contribution in [3.05, 3.63) is 18.2 Å². The topological polar surface area (TPSA) is 35.9 Å². The SMILES string of the molecule is CCCN(C)c1ccc2c(c1)N=CCC(=O)N2Cl.